The van der Waals surface area contributed by atoms with Gasteiger partial charge in [0.25, 0.3) is 6.26 Å². The number of hydrogen-bond donors (Lipinski definition) is 0. The molecular formula is C12H16N2O9. The molecule has 0 saturated heterocycles. The number of isocyanates is 1. The second kappa shape index (κ2) is 15.9. The van der Waals surface area contributed by atoms with Gasteiger partial charge >= 0.3 is 11.9 Å². The number of hydrogen-bond acceptors (Lipinski definition) is 11. The van der Waals surface area contributed by atoms with E-state index in [0.29, 0.717) is 0 Å². The molecule has 0 radical (unpaired) electrons. The summed E-state index contributed by atoms with van der Waals surface area (Å²) in [5.74, 6) is -1.19. The Labute approximate surface area is 131 Å². The lowest BCUT2D eigenvalue weighted by molar-refractivity contribution is -0.158. The smallest absolute Gasteiger partial charge is 0.332 e. The van der Waals surface area contributed by atoms with E-state index in [4.69, 9.17) is 14.7 Å². The van der Waals surface area contributed by atoms with Crippen molar-refractivity contribution in [1.82, 2.24) is 0 Å². The zero-order chi connectivity index (χ0) is 17.2. The summed E-state index contributed by atoms with van der Waals surface area (Å²) in [4.78, 5) is 35.0. The lowest BCUT2D eigenvalue weighted by Crippen LogP contribution is -2.17. The number of ether oxygens (including phenoxy) is 6. The molecule has 0 rings (SSSR count). The van der Waals surface area contributed by atoms with Gasteiger partial charge in [-0.05, 0) is 0 Å². The van der Waals surface area contributed by atoms with Crippen molar-refractivity contribution in [3.05, 3.63) is 0 Å². The van der Waals surface area contributed by atoms with Crippen molar-refractivity contribution < 1.29 is 42.8 Å². The van der Waals surface area contributed by atoms with Crippen LogP contribution in [0.3, 0.4) is 0 Å². The SMILES string of the molecule is N#COCOCC(=O)OCCOCCC(=O)OCOCN=C=O. The summed E-state index contributed by atoms with van der Waals surface area (Å²) in [5, 5.41) is 8.03. The van der Waals surface area contributed by atoms with Gasteiger partial charge in [0, 0.05) is 0 Å². The molecule has 0 aliphatic rings. The summed E-state index contributed by atoms with van der Waals surface area (Å²) in [6.07, 6.45) is 2.63. The van der Waals surface area contributed by atoms with Gasteiger partial charge in [-0.25, -0.2) is 9.59 Å². The van der Waals surface area contributed by atoms with Crippen molar-refractivity contribution >= 4 is 18.0 Å². The Morgan fingerprint density at radius 1 is 0.957 bits per heavy atom. The zero-order valence-electron chi connectivity index (χ0n) is 12.2. The second-order valence-corrected chi connectivity index (χ2v) is 3.50. The van der Waals surface area contributed by atoms with Crippen molar-refractivity contribution in [3.63, 3.8) is 0 Å². The molecule has 0 aromatic rings. The molecule has 128 valence electrons. The first-order valence-electron chi connectivity index (χ1n) is 6.29. The van der Waals surface area contributed by atoms with Crippen LogP contribution in [0.25, 0.3) is 0 Å². The lowest BCUT2D eigenvalue weighted by Gasteiger charge is -2.06. The first-order valence-corrected chi connectivity index (χ1v) is 6.29. The van der Waals surface area contributed by atoms with E-state index < -0.39 is 11.9 Å². The number of esters is 2. The standard InChI is InChI=1S/C12H16N2O9/c13-6-20-9-19-5-12(17)22-4-3-18-2-1-11(16)23-10-21-8-14-7-15/h1-5,8-10H2. The fourth-order valence-corrected chi connectivity index (χ4v) is 0.995. The summed E-state index contributed by atoms with van der Waals surface area (Å²) >= 11 is 0. The van der Waals surface area contributed by atoms with Crippen LogP contribution in [0.15, 0.2) is 4.99 Å². The fraction of sp³-hybridized carbons (Fsp3) is 0.667. The molecule has 0 bridgehead atoms. The first-order chi connectivity index (χ1) is 11.2. The van der Waals surface area contributed by atoms with Crippen LogP contribution in [0.2, 0.25) is 0 Å². The molecule has 0 amide bonds. The summed E-state index contributed by atoms with van der Waals surface area (Å²) in [6, 6.07) is 0. The van der Waals surface area contributed by atoms with E-state index in [2.05, 4.69) is 23.9 Å². The van der Waals surface area contributed by atoms with E-state index in [1.165, 1.54) is 12.3 Å². The maximum atomic E-state index is 11.2. The third-order valence-electron chi connectivity index (χ3n) is 1.89. The lowest BCUT2D eigenvalue weighted by atomic mass is 10.5. The average molecular weight is 332 g/mol. The van der Waals surface area contributed by atoms with Crippen molar-refractivity contribution in [2.24, 2.45) is 4.99 Å². The van der Waals surface area contributed by atoms with E-state index in [-0.39, 0.29) is 53.2 Å². The minimum Gasteiger partial charge on any atom is -0.462 e. The van der Waals surface area contributed by atoms with Gasteiger partial charge in [0.1, 0.15) is 13.2 Å². The highest BCUT2D eigenvalue weighted by atomic mass is 16.7. The van der Waals surface area contributed by atoms with Gasteiger partial charge in [-0.15, -0.1) is 0 Å². The minimum atomic E-state index is -0.635. The molecular weight excluding hydrogens is 316 g/mol. The van der Waals surface area contributed by atoms with Crippen molar-refractivity contribution in [2.45, 2.75) is 6.42 Å². The predicted octanol–water partition coefficient (Wildman–Crippen LogP) is -0.781. The van der Waals surface area contributed by atoms with E-state index in [9.17, 15) is 14.4 Å². The molecule has 0 heterocycles. The van der Waals surface area contributed by atoms with Gasteiger partial charge in [-0.2, -0.15) is 10.3 Å². The monoisotopic (exact) mass is 332 g/mol. The molecule has 0 unspecified atom stereocenters. The first kappa shape index (κ1) is 20.5. The van der Waals surface area contributed by atoms with E-state index in [1.54, 1.807) is 0 Å². The maximum absolute atomic E-state index is 11.2. The molecule has 0 spiro atoms. The Bertz CT molecular complexity index is 429. The molecule has 0 N–H and O–H groups in total. The molecule has 0 aliphatic carbocycles. The van der Waals surface area contributed by atoms with Gasteiger partial charge in [0.2, 0.25) is 12.9 Å². The van der Waals surface area contributed by atoms with Crippen LogP contribution in [0, 0.1) is 11.5 Å². The average Bonchev–Trinajstić information content (AvgIpc) is 2.54. The van der Waals surface area contributed by atoms with E-state index in [0.717, 1.165) is 0 Å². The van der Waals surface area contributed by atoms with Crippen LogP contribution in [0.5, 0.6) is 0 Å². The minimum absolute atomic E-state index is 0.0108. The predicted molar refractivity (Wildman–Crippen MR) is 68.9 cm³/mol. The van der Waals surface area contributed by atoms with E-state index in [1.807, 2.05) is 0 Å². The van der Waals surface area contributed by atoms with Crippen molar-refractivity contribution in [3.8, 4) is 6.26 Å². The van der Waals surface area contributed by atoms with Crippen LogP contribution in [0.1, 0.15) is 6.42 Å². The largest absolute Gasteiger partial charge is 0.462 e. The van der Waals surface area contributed by atoms with Gasteiger partial charge in [0.15, 0.2) is 13.5 Å². The summed E-state index contributed by atoms with van der Waals surface area (Å²) in [7, 11) is 0. The third-order valence-corrected chi connectivity index (χ3v) is 1.89. The second-order valence-electron chi connectivity index (χ2n) is 3.50. The number of aliphatic imine (C=N–C) groups is 1. The number of rotatable bonds is 14. The topological polar surface area (TPSA) is 143 Å². The van der Waals surface area contributed by atoms with E-state index >= 15 is 0 Å². The molecule has 0 atom stereocenters. The normalized spacial score (nSPS) is 9.35. The Kier molecular flexibility index (Phi) is 14.1. The molecule has 23 heavy (non-hydrogen) atoms. The third kappa shape index (κ3) is 15.7. The highest BCUT2D eigenvalue weighted by Gasteiger charge is 2.04. The maximum Gasteiger partial charge on any atom is 0.332 e. The summed E-state index contributed by atoms with van der Waals surface area (Å²) in [5.41, 5.74) is 0. The number of carbonyl (C=O) groups is 2. The highest BCUT2D eigenvalue weighted by molar-refractivity contribution is 5.70. The molecule has 0 aromatic carbocycles. The van der Waals surface area contributed by atoms with Gasteiger partial charge in [-0.1, -0.05) is 0 Å². The molecule has 11 nitrogen and oxygen atoms in total. The summed E-state index contributed by atoms with van der Waals surface area (Å²) in [6.45, 7) is -1.06. The highest BCUT2D eigenvalue weighted by Crippen LogP contribution is 1.90. The Hall–Kier alpha value is -2.51. The van der Waals surface area contributed by atoms with Crippen molar-refractivity contribution in [2.75, 3.05) is 46.7 Å². The molecule has 11 heteroatoms. The van der Waals surface area contributed by atoms with Crippen LogP contribution in [-0.4, -0.2) is 64.8 Å². The summed E-state index contributed by atoms with van der Waals surface area (Å²) < 4.78 is 27.9. The fourth-order valence-electron chi connectivity index (χ4n) is 0.995. The Morgan fingerprint density at radius 3 is 2.52 bits per heavy atom. The van der Waals surface area contributed by atoms with Crippen LogP contribution in [-0.2, 0) is 42.8 Å². The quantitative estimate of drug-likeness (QED) is 0.0992. The van der Waals surface area contributed by atoms with Crippen molar-refractivity contribution in [1.29, 1.82) is 5.26 Å². The van der Waals surface area contributed by atoms with Crippen LogP contribution in [0.4, 0.5) is 0 Å². The molecule has 0 fully saturated rings. The molecule has 0 aromatic heterocycles. The Morgan fingerprint density at radius 2 is 1.78 bits per heavy atom. The number of nitriles is 1. The molecule has 0 saturated carbocycles. The molecule has 0 aliphatic heterocycles. The van der Waals surface area contributed by atoms with Gasteiger partial charge < -0.3 is 28.4 Å². The zero-order valence-corrected chi connectivity index (χ0v) is 12.2. The van der Waals surface area contributed by atoms with Gasteiger partial charge in [-0.3, -0.25) is 4.79 Å². The Balaban J connectivity index is 3.34. The van der Waals surface area contributed by atoms with Crippen LogP contribution < -0.4 is 0 Å². The van der Waals surface area contributed by atoms with Gasteiger partial charge in [0.05, 0.1) is 19.6 Å². The van der Waals surface area contributed by atoms with Crippen LogP contribution >= 0.6 is 0 Å². The number of carbonyl (C=O) groups excluding carboxylic acids is 3. The number of nitrogens with zero attached hydrogens (tertiary/aromatic N) is 2.